The van der Waals surface area contributed by atoms with Gasteiger partial charge in [0.25, 0.3) is 0 Å². The Balaban J connectivity index is 1.56. The van der Waals surface area contributed by atoms with E-state index >= 15 is 0 Å². The van der Waals surface area contributed by atoms with Crippen molar-refractivity contribution in [1.29, 1.82) is 0 Å². The first-order valence-electron chi connectivity index (χ1n) is 8.72. The molecular weight excluding hydrogens is 305 g/mol. The van der Waals surface area contributed by atoms with E-state index in [2.05, 4.69) is 9.55 Å². The van der Waals surface area contributed by atoms with Crippen molar-refractivity contribution in [3.8, 4) is 0 Å². The van der Waals surface area contributed by atoms with Gasteiger partial charge in [-0.15, -0.1) is 0 Å². The van der Waals surface area contributed by atoms with Crippen LogP contribution >= 0.6 is 0 Å². The number of halogens is 1. The standard InChI is InChI=1S/C19H22FN3O/c20-16-6-4-15(5-7-16)19(8-2-9-19)18(24)22-11-1-3-17(13-22)23-12-10-21-14-23/h4-7,10,12,14,17H,1-3,8-9,11,13H2/t17-/m1/s1. The van der Waals surface area contributed by atoms with Crippen LogP contribution in [-0.4, -0.2) is 33.4 Å². The quantitative estimate of drug-likeness (QED) is 0.867. The Morgan fingerprint density at radius 3 is 2.62 bits per heavy atom. The van der Waals surface area contributed by atoms with Crippen LogP contribution in [0.4, 0.5) is 4.39 Å². The highest BCUT2D eigenvalue weighted by Crippen LogP contribution is 2.45. The lowest BCUT2D eigenvalue weighted by atomic mass is 9.63. The maximum Gasteiger partial charge on any atom is 0.233 e. The van der Waals surface area contributed by atoms with Gasteiger partial charge < -0.3 is 9.47 Å². The zero-order chi connectivity index (χ0) is 16.6. The molecule has 0 unspecified atom stereocenters. The van der Waals surface area contributed by atoms with E-state index in [0.29, 0.717) is 6.04 Å². The minimum absolute atomic E-state index is 0.213. The molecule has 1 aliphatic carbocycles. The minimum Gasteiger partial charge on any atom is -0.340 e. The van der Waals surface area contributed by atoms with E-state index < -0.39 is 5.41 Å². The largest absolute Gasteiger partial charge is 0.340 e. The summed E-state index contributed by atoms with van der Waals surface area (Å²) in [7, 11) is 0. The Morgan fingerprint density at radius 1 is 1.21 bits per heavy atom. The number of likely N-dealkylation sites (tertiary alicyclic amines) is 1. The van der Waals surface area contributed by atoms with Crippen LogP contribution in [0.25, 0.3) is 0 Å². The number of benzene rings is 1. The van der Waals surface area contributed by atoms with E-state index in [-0.39, 0.29) is 11.7 Å². The average Bonchev–Trinajstić information content (AvgIpc) is 3.10. The van der Waals surface area contributed by atoms with Gasteiger partial charge in [0.05, 0.1) is 17.8 Å². The van der Waals surface area contributed by atoms with E-state index in [1.54, 1.807) is 18.3 Å². The van der Waals surface area contributed by atoms with Gasteiger partial charge in [-0.1, -0.05) is 18.6 Å². The Morgan fingerprint density at radius 2 is 2.00 bits per heavy atom. The number of hydrogen-bond acceptors (Lipinski definition) is 2. The van der Waals surface area contributed by atoms with E-state index in [0.717, 1.165) is 50.8 Å². The second-order valence-electron chi connectivity index (χ2n) is 7.00. The SMILES string of the molecule is O=C(N1CCC[C@@H](n2ccnc2)C1)C1(c2ccc(F)cc2)CCC1. The molecule has 2 aliphatic rings. The molecule has 2 fully saturated rings. The first-order valence-corrected chi connectivity index (χ1v) is 8.72. The summed E-state index contributed by atoms with van der Waals surface area (Å²) in [5.41, 5.74) is 0.523. The molecule has 1 aromatic heterocycles. The molecule has 4 nitrogen and oxygen atoms in total. The van der Waals surface area contributed by atoms with E-state index in [1.807, 2.05) is 17.4 Å². The molecule has 0 spiro atoms. The maximum absolute atomic E-state index is 13.3. The summed E-state index contributed by atoms with van der Waals surface area (Å²) in [4.78, 5) is 19.4. The van der Waals surface area contributed by atoms with E-state index in [1.165, 1.54) is 12.1 Å². The van der Waals surface area contributed by atoms with Crippen LogP contribution in [0.2, 0.25) is 0 Å². The third-order valence-electron chi connectivity index (χ3n) is 5.64. The van der Waals surface area contributed by atoms with Crippen LogP contribution < -0.4 is 0 Å². The molecule has 4 rings (SSSR count). The van der Waals surface area contributed by atoms with E-state index in [4.69, 9.17) is 0 Å². The zero-order valence-electron chi connectivity index (χ0n) is 13.7. The predicted molar refractivity (Wildman–Crippen MR) is 89.0 cm³/mol. The Kier molecular flexibility index (Phi) is 3.87. The van der Waals surface area contributed by atoms with Crippen molar-refractivity contribution in [1.82, 2.24) is 14.5 Å². The maximum atomic E-state index is 13.3. The molecule has 1 aliphatic heterocycles. The van der Waals surface area contributed by atoms with Crippen molar-refractivity contribution in [2.24, 2.45) is 0 Å². The molecule has 5 heteroatoms. The normalized spacial score (nSPS) is 22.9. The fourth-order valence-electron chi connectivity index (χ4n) is 4.10. The lowest BCUT2D eigenvalue weighted by Crippen LogP contribution is -2.53. The fourth-order valence-corrected chi connectivity index (χ4v) is 4.10. The summed E-state index contributed by atoms with van der Waals surface area (Å²) in [5.74, 6) is -0.0380. The molecule has 1 amide bonds. The molecule has 0 bridgehead atoms. The average molecular weight is 327 g/mol. The molecule has 2 aromatic rings. The number of aromatic nitrogens is 2. The summed E-state index contributed by atoms with van der Waals surface area (Å²) in [6, 6.07) is 6.80. The summed E-state index contributed by atoms with van der Waals surface area (Å²) in [5, 5.41) is 0. The first kappa shape index (κ1) is 15.4. The number of amides is 1. The van der Waals surface area contributed by atoms with Gasteiger partial charge in [-0.05, 0) is 43.4 Å². The highest BCUT2D eigenvalue weighted by atomic mass is 19.1. The molecule has 2 heterocycles. The highest BCUT2D eigenvalue weighted by Gasteiger charge is 2.48. The van der Waals surface area contributed by atoms with Gasteiger partial charge in [0.1, 0.15) is 5.82 Å². The molecule has 24 heavy (non-hydrogen) atoms. The predicted octanol–water partition coefficient (Wildman–Crippen LogP) is 3.31. The monoisotopic (exact) mass is 327 g/mol. The number of carbonyl (C=O) groups is 1. The second kappa shape index (κ2) is 6.04. The van der Waals surface area contributed by atoms with Gasteiger partial charge in [-0.2, -0.15) is 0 Å². The fraction of sp³-hybridized carbons (Fsp3) is 0.474. The van der Waals surface area contributed by atoms with Crippen molar-refractivity contribution >= 4 is 5.91 Å². The number of carbonyl (C=O) groups excluding carboxylic acids is 1. The van der Waals surface area contributed by atoms with Gasteiger partial charge in [0.2, 0.25) is 5.91 Å². The highest BCUT2D eigenvalue weighted by molar-refractivity contribution is 5.89. The number of piperidine rings is 1. The van der Waals surface area contributed by atoms with Gasteiger partial charge in [-0.25, -0.2) is 9.37 Å². The number of nitrogens with zero attached hydrogens (tertiary/aromatic N) is 3. The number of rotatable bonds is 3. The third kappa shape index (κ3) is 2.52. The number of imidazole rings is 1. The van der Waals surface area contributed by atoms with Crippen LogP contribution in [0.3, 0.4) is 0 Å². The molecule has 1 saturated carbocycles. The van der Waals surface area contributed by atoms with Crippen molar-refractivity contribution in [2.45, 2.75) is 43.6 Å². The summed E-state index contributed by atoms with van der Waals surface area (Å²) >= 11 is 0. The molecule has 0 N–H and O–H groups in total. The van der Waals surface area contributed by atoms with Gasteiger partial charge in [0, 0.05) is 25.5 Å². The van der Waals surface area contributed by atoms with Crippen LogP contribution in [0.1, 0.15) is 43.7 Å². The minimum atomic E-state index is -0.440. The van der Waals surface area contributed by atoms with Crippen LogP contribution in [0.15, 0.2) is 43.0 Å². The summed E-state index contributed by atoms with van der Waals surface area (Å²) in [6.07, 6.45) is 10.5. The van der Waals surface area contributed by atoms with Crippen LogP contribution in [0.5, 0.6) is 0 Å². The number of hydrogen-bond donors (Lipinski definition) is 0. The van der Waals surface area contributed by atoms with Gasteiger partial charge in [0.15, 0.2) is 0 Å². The van der Waals surface area contributed by atoms with Crippen molar-refractivity contribution in [3.05, 3.63) is 54.4 Å². The lowest BCUT2D eigenvalue weighted by Gasteiger charge is -2.46. The molecular formula is C19H22FN3O. The lowest BCUT2D eigenvalue weighted by molar-refractivity contribution is -0.142. The van der Waals surface area contributed by atoms with Crippen molar-refractivity contribution in [3.63, 3.8) is 0 Å². The smallest absolute Gasteiger partial charge is 0.233 e. The summed E-state index contributed by atoms with van der Waals surface area (Å²) < 4.78 is 15.4. The van der Waals surface area contributed by atoms with E-state index in [9.17, 15) is 9.18 Å². The van der Waals surface area contributed by atoms with Crippen LogP contribution in [0, 0.1) is 5.82 Å². The second-order valence-corrected chi connectivity index (χ2v) is 7.00. The van der Waals surface area contributed by atoms with Crippen molar-refractivity contribution in [2.75, 3.05) is 13.1 Å². The Labute approximate surface area is 141 Å². The zero-order valence-corrected chi connectivity index (χ0v) is 13.7. The van der Waals surface area contributed by atoms with Gasteiger partial charge >= 0.3 is 0 Å². The molecule has 1 saturated heterocycles. The Bertz CT molecular complexity index is 707. The Hall–Kier alpha value is -2.17. The topological polar surface area (TPSA) is 38.1 Å². The van der Waals surface area contributed by atoms with Crippen LogP contribution in [-0.2, 0) is 10.2 Å². The first-order chi connectivity index (χ1) is 11.7. The molecule has 0 radical (unpaired) electrons. The molecule has 1 aromatic carbocycles. The third-order valence-corrected chi connectivity index (χ3v) is 5.64. The molecule has 1 atom stereocenters. The van der Waals surface area contributed by atoms with Crippen molar-refractivity contribution < 1.29 is 9.18 Å². The molecule has 126 valence electrons. The van der Waals surface area contributed by atoms with Gasteiger partial charge in [-0.3, -0.25) is 4.79 Å². The summed E-state index contributed by atoms with van der Waals surface area (Å²) in [6.45, 7) is 1.55.